The van der Waals surface area contributed by atoms with Crippen LogP contribution in [0.5, 0.6) is 11.5 Å². The summed E-state index contributed by atoms with van der Waals surface area (Å²) < 4.78 is 12.4. The molecule has 0 unspecified atom stereocenters. The minimum atomic E-state index is -0.347. The highest BCUT2D eigenvalue weighted by Crippen LogP contribution is 2.31. The van der Waals surface area contributed by atoms with Crippen LogP contribution in [-0.4, -0.2) is 42.9 Å². The van der Waals surface area contributed by atoms with Gasteiger partial charge >= 0.3 is 0 Å². The number of methoxy groups -OCH3 is 1. The molecule has 0 bridgehead atoms. The van der Waals surface area contributed by atoms with E-state index in [2.05, 4.69) is 25.5 Å². The second kappa shape index (κ2) is 8.03. The van der Waals surface area contributed by atoms with Crippen molar-refractivity contribution in [3.8, 4) is 28.8 Å². The lowest BCUT2D eigenvalue weighted by molar-refractivity contribution is 0.0945. The number of aryl methyl sites for hydroxylation is 1. The number of ether oxygens (including phenoxy) is 1. The maximum Gasteiger partial charge on any atom is 0.270 e. The largest absolute Gasteiger partial charge is 0.504 e. The molecule has 0 aliphatic heterocycles. The minimum absolute atomic E-state index is 0.0261. The summed E-state index contributed by atoms with van der Waals surface area (Å²) in [5.41, 5.74) is 1.49. The minimum Gasteiger partial charge on any atom is -0.504 e. The molecule has 0 atom stereocenters. The fourth-order valence-electron chi connectivity index (χ4n) is 2.79. The average molecular weight is 406 g/mol. The zero-order chi connectivity index (χ0) is 21.1. The zero-order valence-corrected chi connectivity index (χ0v) is 16.2. The van der Waals surface area contributed by atoms with E-state index < -0.39 is 0 Å². The topological polar surface area (TPSA) is 128 Å². The number of carbonyl (C=O) groups excluding carboxylic acids is 1. The first-order valence-corrected chi connectivity index (χ1v) is 8.99. The Morgan fingerprint density at radius 1 is 1.20 bits per heavy atom. The maximum absolute atomic E-state index is 12.5. The molecule has 0 aliphatic rings. The molecule has 0 aliphatic carbocycles. The fraction of sp³-hybridized carbons (Fsp3) is 0.150. The summed E-state index contributed by atoms with van der Waals surface area (Å²) >= 11 is 0. The molecule has 10 nitrogen and oxygen atoms in total. The van der Waals surface area contributed by atoms with Crippen LogP contribution in [0.1, 0.15) is 21.9 Å². The Bertz CT molecular complexity index is 1190. The zero-order valence-electron chi connectivity index (χ0n) is 16.2. The van der Waals surface area contributed by atoms with E-state index in [9.17, 15) is 9.90 Å². The molecular weight excluding hydrogens is 388 g/mol. The van der Waals surface area contributed by atoms with Gasteiger partial charge in [0.05, 0.1) is 13.7 Å². The molecule has 4 aromatic rings. The highest BCUT2D eigenvalue weighted by Gasteiger charge is 2.15. The molecule has 30 heavy (non-hydrogen) atoms. The van der Waals surface area contributed by atoms with Gasteiger partial charge in [0.1, 0.15) is 35.6 Å². The average Bonchev–Trinajstić information content (AvgIpc) is 3.43. The second-order valence-electron chi connectivity index (χ2n) is 6.34. The Morgan fingerprint density at radius 3 is 2.77 bits per heavy atom. The molecule has 3 heterocycles. The van der Waals surface area contributed by atoms with Gasteiger partial charge in [-0.25, -0.2) is 9.97 Å². The number of hydrogen-bond donors (Lipinski definition) is 2. The van der Waals surface area contributed by atoms with Gasteiger partial charge in [-0.1, -0.05) is 6.07 Å². The molecule has 4 rings (SSSR count). The lowest BCUT2D eigenvalue weighted by Crippen LogP contribution is -2.24. The van der Waals surface area contributed by atoms with Crippen molar-refractivity contribution >= 4 is 5.91 Å². The predicted molar refractivity (Wildman–Crippen MR) is 105 cm³/mol. The third-order valence-electron chi connectivity index (χ3n) is 4.39. The summed E-state index contributed by atoms with van der Waals surface area (Å²) in [6.07, 6.45) is 3.01. The van der Waals surface area contributed by atoms with Crippen LogP contribution in [0.25, 0.3) is 17.3 Å². The monoisotopic (exact) mass is 406 g/mol. The first-order chi connectivity index (χ1) is 14.5. The van der Waals surface area contributed by atoms with Crippen LogP contribution in [0, 0.1) is 6.92 Å². The molecule has 0 spiro atoms. The van der Waals surface area contributed by atoms with Crippen LogP contribution in [-0.2, 0) is 6.54 Å². The van der Waals surface area contributed by atoms with Crippen molar-refractivity contribution in [1.82, 2.24) is 30.0 Å². The van der Waals surface area contributed by atoms with Crippen molar-refractivity contribution in [3.63, 3.8) is 0 Å². The summed E-state index contributed by atoms with van der Waals surface area (Å²) in [5.74, 6) is 1.47. The highest BCUT2D eigenvalue weighted by atomic mass is 16.5. The number of oxazole rings is 1. The highest BCUT2D eigenvalue weighted by molar-refractivity contribution is 5.92. The standard InChI is InChI=1S/C20H18N6O4/c1-12-15(25-20(30-12)13-6-7-16(27)17(8-13)29-2)9-21-19(28)14-4-3-5-18(24-14)26-10-22-23-11-26/h3-8,10-11,27H,9H2,1-2H3,(H,21,28). The van der Waals surface area contributed by atoms with E-state index in [1.165, 1.54) is 25.8 Å². The smallest absolute Gasteiger partial charge is 0.270 e. The van der Waals surface area contributed by atoms with E-state index >= 15 is 0 Å². The molecule has 0 radical (unpaired) electrons. The maximum atomic E-state index is 12.5. The molecular formula is C20H18N6O4. The fourth-order valence-corrected chi connectivity index (χ4v) is 2.79. The number of carbonyl (C=O) groups is 1. The Hall–Kier alpha value is -4.21. The van der Waals surface area contributed by atoms with Crippen LogP contribution in [0.2, 0.25) is 0 Å². The van der Waals surface area contributed by atoms with Crippen LogP contribution < -0.4 is 10.1 Å². The van der Waals surface area contributed by atoms with Gasteiger partial charge in [0.25, 0.3) is 5.91 Å². The van der Waals surface area contributed by atoms with Crippen LogP contribution in [0.15, 0.2) is 53.5 Å². The molecule has 3 aromatic heterocycles. The predicted octanol–water partition coefficient (Wildman–Crippen LogP) is 2.27. The van der Waals surface area contributed by atoms with Crippen molar-refractivity contribution in [1.29, 1.82) is 0 Å². The first kappa shape index (κ1) is 19.1. The number of nitrogens with one attached hydrogen (secondary N) is 1. The quantitative estimate of drug-likeness (QED) is 0.499. The third kappa shape index (κ3) is 3.83. The lowest BCUT2D eigenvalue weighted by atomic mass is 10.2. The SMILES string of the molecule is COc1cc(-c2nc(CNC(=O)c3cccc(-n4cnnc4)n3)c(C)o2)ccc1O. The number of aromatic nitrogens is 5. The van der Waals surface area contributed by atoms with Gasteiger partial charge in [-0.15, -0.1) is 10.2 Å². The Balaban J connectivity index is 1.48. The van der Waals surface area contributed by atoms with Crippen LogP contribution >= 0.6 is 0 Å². The first-order valence-electron chi connectivity index (χ1n) is 8.99. The second-order valence-corrected chi connectivity index (χ2v) is 6.34. The van der Waals surface area contributed by atoms with Gasteiger partial charge in [0, 0.05) is 5.56 Å². The summed E-state index contributed by atoms with van der Waals surface area (Å²) in [6, 6.07) is 9.90. The van der Waals surface area contributed by atoms with Crippen molar-refractivity contribution < 1.29 is 19.1 Å². The number of hydrogen-bond acceptors (Lipinski definition) is 8. The summed E-state index contributed by atoms with van der Waals surface area (Å²) in [7, 11) is 1.47. The normalized spacial score (nSPS) is 10.7. The van der Waals surface area contributed by atoms with E-state index in [1.807, 2.05) is 0 Å². The molecule has 10 heteroatoms. The number of phenols is 1. The van der Waals surface area contributed by atoms with E-state index in [4.69, 9.17) is 9.15 Å². The van der Waals surface area contributed by atoms with Crippen LogP contribution in [0.3, 0.4) is 0 Å². The Morgan fingerprint density at radius 2 is 2.00 bits per heavy atom. The van der Waals surface area contributed by atoms with Gasteiger partial charge in [0.2, 0.25) is 5.89 Å². The lowest BCUT2D eigenvalue weighted by Gasteiger charge is -2.05. The van der Waals surface area contributed by atoms with Gasteiger partial charge in [-0.3, -0.25) is 9.36 Å². The van der Waals surface area contributed by atoms with Crippen molar-refractivity contribution in [2.45, 2.75) is 13.5 Å². The molecule has 0 saturated heterocycles. The number of pyridine rings is 1. The molecule has 152 valence electrons. The molecule has 1 amide bonds. The van der Waals surface area contributed by atoms with E-state index in [-0.39, 0.29) is 23.9 Å². The number of nitrogens with zero attached hydrogens (tertiary/aromatic N) is 5. The number of aromatic hydroxyl groups is 1. The number of benzene rings is 1. The Kier molecular flexibility index (Phi) is 5.12. The van der Waals surface area contributed by atoms with Gasteiger partial charge in [-0.05, 0) is 37.3 Å². The van der Waals surface area contributed by atoms with E-state index in [0.29, 0.717) is 34.5 Å². The number of amides is 1. The van der Waals surface area contributed by atoms with E-state index in [1.54, 1.807) is 41.8 Å². The Labute approximate surface area is 171 Å². The molecule has 2 N–H and O–H groups in total. The third-order valence-corrected chi connectivity index (χ3v) is 4.39. The van der Waals surface area contributed by atoms with Gasteiger partial charge in [-0.2, -0.15) is 0 Å². The number of rotatable bonds is 6. The van der Waals surface area contributed by atoms with Gasteiger partial charge < -0.3 is 19.6 Å². The van der Waals surface area contributed by atoms with Crippen molar-refractivity contribution in [3.05, 3.63) is 66.2 Å². The van der Waals surface area contributed by atoms with Crippen molar-refractivity contribution in [2.75, 3.05) is 7.11 Å². The van der Waals surface area contributed by atoms with Crippen molar-refractivity contribution in [2.24, 2.45) is 0 Å². The van der Waals surface area contributed by atoms with Gasteiger partial charge in [0.15, 0.2) is 11.5 Å². The molecule has 0 saturated carbocycles. The molecule has 1 aromatic carbocycles. The molecule has 0 fully saturated rings. The summed E-state index contributed by atoms with van der Waals surface area (Å²) in [5, 5.41) is 20.0. The van der Waals surface area contributed by atoms with Crippen LogP contribution in [0.4, 0.5) is 0 Å². The number of phenolic OH excluding ortho intramolecular Hbond substituents is 1. The summed E-state index contributed by atoms with van der Waals surface area (Å²) in [6.45, 7) is 1.93. The summed E-state index contributed by atoms with van der Waals surface area (Å²) in [4.78, 5) is 21.3. The van der Waals surface area contributed by atoms with E-state index in [0.717, 1.165) is 0 Å².